The van der Waals surface area contributed by atoms with Gasteiger partial charge in [0.25, 0.3) is 5.91 Å². The van der Waals surface area contributed by atoms with Crippen LogP contribution >= 0.6 is 22.9 Å². The Morgan fingerprint density at radius 3 is 2.81 bits per heavy atom. The number of aromatic nitrogens is 1. The van der Waals surface area contributed by atoms with Gasteiger partial charge in [-0.2, -0.15) is 0 Å². The first-order chi connectivity index (χ1) is 14.8. The Bertz CT molecular complexity index is 1020. The van der Waals surface area contributed by atoms with Crippen LogP contribution in [0.1, 0.15) is 45.5 Å². The van der Waals surface area contributed by atoms with E-state index in [2.05, 4.69) is 15.6 Å². The van der Waals surface area contributed by atoms with Crippen molar-refractivity contribution in [3.63, 3.8) is 0 Å². The molecule has 0 saturated heterocycles. The number of thiazole rings is 1. The molecule has 0 unspecified atom stereocenters. The zero-order valence-corrected chi connectivity index (χ0v) is 18.1. The smallest absolute Gasteiger partial charge is 0.307 e. The molecule has 0 spiro atoms. The van der Waals surface area contributed by atoms with Crippen LogP contribution in [0.5, 0.6) is 0 Å². The first-order valence-electron chi connectivity index (χ1n) is 9.51. The molecule has 2 amide bonds. The van der Waals surface area contributed by atoms with Crippen LogP contribution in [0.4, 0.5) is 9.52 Å². The highest BCUT2D eigenvalue weighted by molar-refractivity contribution is 7.17. The number of nitrogens with one attached hydrogen (secondary N) is 2. The Morgan fingerprint density at radius 2 is 2.10 bits per heavy atom. The van der Waals surface area contributed by atoms with Crippen LogP contribution in [0.15, 0.2) is 18.2 Å². The minimum Gasteiger partial charge on any atom is -0.466 e. The predicted molar refractivity (Wildman–Crippen MR) is 112 cm³/mol. The third-order valence-corrected chi connectivity index (χ3v) is 5.91. The fraction of sp³-hybridized carbons (Fsp3) is 0.350. The second kappa shape index (κ2) is 9.97. The molecule has 8 nitrogen and oxygen atoms in total. The molecule has 0 aliphatic heterocycles. The number of halogens is 2. The molecule has 0 radical (unpaired) electrons. The summed E-state index contributed by atoms with van der Waals surface area (Å²) in [6.45, 7) is 2.06. The van der Waals surface area contributed by atoms with E-state index in [0.717, 1.165) is 17.4 Å². The fourth-order valence-electron chi connectivity index (χ4n) is 3.11. The van der Waals surface area contributed by atoms with Crippen LogP contribution in [0.25, 0.3) is 0 Å². The number of nitrogens with zero attached hydrogens (tertiary/aromatic N) is 1. The Labute approximate surface area is 186 Å². The average molecular weight is 468 g/mol. The van der Waals surface area contributed by atoms with Gasteiger partial charge in [-0.05, 0) is 19.1 Å². The molecular weight excluding hydrogens is 449 g/mol. The summed E-state index contributed by atoms with van der Waals surface area (Å²) in [6.07, 6.45) is 0.239. The molecule has 2 aromatic rings. The molecule has 1 aromatic carbocycles. The number of carbonyl (C=O) groups is 4. The summed E-state index contributed by atoms with van der Waals surface area (Å²) in [5.74, 6) is -3.24. The molecule has 0 saturated carbocycles. The van der Waals surface area contributed by atoms with E-state index in [1.807, 2.05) is 0 Å². The molecule has 1 aliphatic rings. The second-order valence-electron chi connectivity index (χ2n) is 6.72. The summed E-state index contributed by atoms with van der Waals surface area (Å²) >= 11 is 6.87. The van der Waals surface area contributed by atoms with E-state index in [1.165, 1.54) is 12.1 Å². The first-order valence-corrected chi connectivity index (χ1v) is 10.7. The van der Waals surface area contributed by atoms with Gasteiger partial charge < -0.3 is 10.1 Å². The third kappa shape index (κ3) is 5.45. The molecule has 1 aromatic heterocycles. The number of anilines is 1. The summed E-state index contributed by atoms with van der Waals surface area (Å²) in [5.41, 5.74) is 0.0734. The van der Waals surface area contributed by atoms with Gasteiger partial charge in [-0.3, -0.25) is 24.5 Å². The predicted octanol–water partition coefficient (Wildman–Crippen LogP) is 3.00. The quantitative estimate of drug-likeness (QED) is 0.605. The Kier molecular flexibility index (Phi) is 7.34. The molecule has 0 fully saturated rings. The van der Waals surface area contributed by atoms with Crippen molar-refractivity contribution in [2.24, 2.45) is 5.92 Å². The van der Waals surface area contributed by atoms with E-state index in [0.29, 0.717) is 10.6 Å². The molecule has 3 rings (SSSR count). The highest BCUT2D eigenvalue weighted by Crippen LogP contribution is 2.33. The van der Waals surface area contributed by atoms with E-state index < -0.39 is 23.6 Å². The lowest BCUT2D eigenvalue weighted by Gasteiger charge is -2.19. The van der Waals surface area contributed by atoms with Crippen LogP contribution in [0, 0.1) is 11.7 Å². The average Bonchev–Trinajstić information content (AvgIpc) is 3.11. The number of ketones is 1. The zero-order valence-electron chi connectivity index (χ0n) is 16.5. The zero-order chi connectivity index (χ0) is 22.5. The molecule has 1 aliphatic carbocycles. The number of benzene rings is 1. The third-order valence-electron chi connectivity index (χ3n) is 4.54. The van der Waals surface area contributed by atoms with Crippen molar-refractivity contribution in [1.82, 2.24) is 10.3 Å². The summed E-state index contributed by atoms with van der Waals surface area (Å²) in [6, 6.07) is 3.89. The van der Waals surface area contributed by atoms with Crippen molar-refractivity contribution in [1.29, 1.82) is 0 Å². The van der Waals surface area contributed by atoms with E-state index in [1.54, 1.807) is 6.92 Å². The number of amides is 2. The number of carbonyl (C=O) groups excluding carboxylic acids is 4. The SMILES string of the molecule is CCOC(=O)CCNC(=O)[C@@H]1CC(=O)c2sc(NC(=O)c3c(F)cccc3Cl)nc2C1. The fourth-order valence-corrected chi connectivity index (χ4v) is 4.29. The van der Waals surface area contributed by atoms with E-state index >= 15 is 0 Å². The number of esters is 1. The van der Waals surface area contributed by atoms with Gasteiger partial charge in [0.2, 0.25) is 5.91 Å². The van der Waals surface area contributed by atoms with E-state index in [9.17, 15) is 23.6 Å². The van der Waals surface area contributed by atoms with Crippen LogP contribution < -0.4 is 10.6 Å². The van der Waals surface area contributed by atoms with E-state index in [4.69, 9.17) is 16.3 Å². The lowest BCUT2D eigenvalue weighted by molar-refractivity contribution is -0.143. The van der Waals surface area contributed by atoms with Crippen molar-refractivity contribution >= 4 is 51.6 Å². The van der Waals surface area contributed by atoms with E-state index in [-0.39, 0.29) is 59.8 Å². The van der Waals surface area contributed by atoms with Crippen molar-refractivity contribution < 1.29 is 28.3 Å². The molecule has 0 bridgehead atoms. The number of hydrogen-bond donors (Lipinski definition) is 2. The Balaban J connectivity index is 1.64. The van der Waals surface area contributed by atoms with Crippen LogP contribution in [-0.2, 0) is 20.7 Å². The van der Waals surface area contributed by atoms with Crippen molar-refractivity contribution in [3.8, 4) is 0 Å². The van der Waals surface area contributed by atoms with Gasteiger partial charge in [-0.1, -0.05) is 29.0 Å². The number of hydrogen-bond acceptors (Lipinski definition) is 7. The topological polar surface area (TPSA) is 114 Å². The number of rotatable bonds is 7. The lowest BCUT2D eigenvalue weighted by Crippen LogP contribution is -2.36. The highest BCUT2D eigenvalue weighted by Gasteiger charge is 2.33. The molecule has 31 heavy (non-hydrogen) atoms. The summed E-state index contributed by atoms with van der Waals surface area (Å²) in [7, 11) is 0. The maximum atomic E-state index is 13.9. The summed E-state index contributed by atoms with van der Waals surface area (Å²) < 4.78 is 18.7. The Hall–Kier alpha value is -2.85. The standard InChI is InChI=1S/C20H19ClFN3O5S/c1-2-30-15(27)6-7-23-18(28)10-8-13-17(14(26)9-10)31-20(24-13)25-19(29)16-11(21)4-3-5-12(16)22/h3-5,10H,2,6-9H2,1H3,(H,23,28)(H,24,25,29)/t10-/m0/s1. The highest BCUT2D eigenvalue weighted by atomic mass is 35.5. The Morgan fingerprint density at radius 1 is 1.32 bits per heavy atom. The van der Waals surface area contributed by atoms with Gasteiger partial charge >= 0.3 is 5.97 Å². The summed E-state index contributed by atoms with van der Waals surface area (Å²) in [5, 5.41) is 5.15. The maximum Gasteiger partial charge on any atom is 0.307 e. The van der Waals surface area contributed by atoms with Crippen molar-refractivity contribution in [2.45, 2.75) is 26.2 Å². The molecule has 164 valence electrons. The van der Waals surface area contributed by atoms with Crippen LogP contribution in [0.3, 0.4) is 0 Å². The number of Topliss-reactive ketones (excluding diaryl/α,β-unsaturated/α-hetero) is 1. The second-order valence-corrected chi connectivity index (χ2v) is 8.13. The monoisotopic (exact) mass is 467 g/mol. The number of ether oxygens (including phenoxy) is 1. The van der Waals surface area contributed by atoms with Gasteiger partial charge in [0, 0.05) is 19.4 Å². The first kappa shape index (κ1) is 22.8. The van der Waals surface area contributed by atoms with Gasteiger partial charge in [-0.25, -0.2) is 9.37 Å². The van der Waals surface area contributed by atoms with Crippen LogP contribution in [0.2, 0.25) is 5.02 Å². The molecule has 11 heteroatoms. The minimum atomic E-state index is -0.782. The van der Waals surface area contributed by atoms with Crippen molar-refractivity contribution in [3.05, 3.63) is 45.2 Å². The number of fused-ring (bicyclic) bond motifs is 1. The van der Waals surface area contributed by atoms with Crippen LogP contribution in [-0.4, -0.2) is 41.7 Å². The molecule has 1 heterocycles. The maximum absolute atomic E-state index is 13.9. The lowest BCUT2D eigenvalue weighted by atomic mass is 9.89. The molecular formula is C20H19ClFN3O5S. The molecule has 2 N–H and O–H groups in total. The van der Waals surface area contributed by atoms with Gasteiger partial charge in [0.1, 0.15) is 5.82 Å². The summed E-state index contributed by atoms with van der Waals surface area (Å²) in [4.78, 5) is 53.2. The normalized spacial score (nSPS) is 15.2. The van der Waals surface area contributed by atoms with Gasteiger partial charge in [-0.15, -0.1) is 0 Å². The van der Waals surface area contributed by atoms with Gasteiger partial charge in [0.15, 0.2) is 10.9 Å². The van der Waals surface area contributed by atoms with Gasteiger partial charge in [0.05, 0.1) is 40.1 Å². The van der Waals surface area contributed by atoms with Crippen molar-refractivity contribution in [2.75, 3.05) is 18.5 Å². The largest absolute Gasteiger partial charge is 0.466 e. The molecule has 1 atom stereocenters. The minimum absolute atomic E-state index is 0.00698.